The van der Waals surface area contributed by atoms with Crippen LogP contribution in [0.4, 0.5) is 0 Å². The van der Waals surface area contributed by atoms with Gasteiger partial charge in [-0.3, -0.25) is 4.79 Å². The van der Waals surface area contributed by atoms with Gasteiger partial charge in [-0.2, -0.15) is 0 Å². The zero-order valence-electron chi connectivity index (χ0n) is 14.6. The van der Waals surface area contributed by atoms with Crippen molar-refractivity contribution < 1.29 is 14.3 Å². The maximum Gasteiger partial charge on any atom is 0.260 e. The molecule has 4 nitrogen and oxygen atoms in total. The van der Waals surface area contributed by atoms with Gasteiger partial charge in [-0.05, 0) is 37.5 Å². The lowest BCUT2D eigenvalue weighted by atomic mass is 9.74. The number of rotatable bonds is 6. The van der Waals surface area contributed by atoms with Gasteiger partial charge in [0.15, 0.2) is 6.10 Å². The average molecular weight is 339 g/mol. The van der Waals surface area contributed by atoms with E-state index in [1.165, 1.54) is 5.56 Å². The van der Waals surface area contributed by atoms with Gasteiger partial charge in [0.2, 0.25) is 0 Å². The predicted molar refractivity (Wildman–Crippen MR) is 97.7 cm³/mol. The van der Waals surface area contributed by atoms with Gasteiger partial charge < -0.3 is 14.8 Å². The summed E-state index contributed by atoms with van der Waals surface area (Å²) in [6, 6.07) is 19.8. The predicted octanol–water partition coefficient (Wildman–Crippen LogP) is 3.32. The first kappa shape index (κ1) is 17.5. The Kier molecular flexibility index (Phi) is 5.71. The number of hydrogen-bond acceptors (Lipinski definition) is 3. The summed E-state index contributed by atoms with van der Waals surface area (Å²) < 4.78 is 11.3. The number of carbonyl (C=O) groups excluding carboxylic acids is 1. The largest absolute Gasteiger partial charge is 0.481 e. The average Bonchev–Trinajstić information content (AvgIpc) is 2.68. The van der Waals surface area contributed by atoms with Crippen molar-refractivity contribution in [2.24, 2.45) is 0 Å². The van der Waals surface area contributed by atoms with E-state index in [-0.39, 0.29) is 11.3 Å². The topological polar surface area (TPSA) is 47.6 Å². The van der Waals surface area contributed by atoms with Gasteiger partial charge >= 0.3 is 0 Å². The van der Waals surface area contributed by atoms with Crippen molar-refractivity contribution in [3.63, 3.8) is 0 Å². The molecule has 0 aromatic heterocycles. The van der Waals surface area contributed by atoms with Crippen LogP contribution < -0.4 is 10.1 Å². The van der Waals surface area contributed by atoms with Gasteiger partial charge in [-0.25, -0.2) is 0 Å². The van der Waals surface area contributed by atoms with Crippen molar-refractivity contribution in [1.29, 1.82) is 0 Å². The molecule has 1 atom stereocenters. The van der Waals surface area contributed by atoms with Crippen LogP contribution in [-0.2, 0) is 14.9 Å². The molecular weight excluding hydrogens is 314 g/mol. The normalized spacial score (nSPS) is 17.5. The lowest BCUT2D eigenvalue weighted by molar-refractivity contribution is -0.127. The highest BCUT2D eigenvalue weighted by Gasteiger charge is 2.35. The third-order valence-electron chi connectivity index (χ3n) is 4.86. The Morgan fingerprint density at radius 2 is 1.68 bits per heavy atom. The maximum atomic E-state index is 12.5. The first-order valence-electron chi connectivity index (χ1n) is 8.82. The third kappa shape index (κ3) is 4.40. The highest BCUT2D eigenvalue weighted by molar-refractivity contribution is 5.80. The van der Waals surface area contributed by atoms with Crippen LogP contribution in [0.2, 0.25) is 0 Å². The standard InChI is InChI=1S/C21H25NO3/c1-17(25-19-10-6-3-7-11-19)20(23)22-16-21(12-14-24-15-13-21)18-8-4-2-5-9-18/h2-11,17H,12-16H2,1H3,(H,22,23)/t17-/m0/s1. The van der Waals surface area contributed by atoms with E-state index in [0.29, 0.717) is 12.3 Å². The zero-order valence-corrected chi connectivity index (χ0v) is 14.6. The van der Waals surface area contributed by atoms with Crippen LogP contribution in [0.5, 0.6) is 5.75 Å². The molecule has 1 amide bonds. The van der Waals surface area contributed by atoms with E-state index in [9.17, 15) is 4.79 Å². The molecule has 0 radical (unpaired) electrons. The van der Waals surface area contributed by atoms with Crippen LogP contribution in [0.3, 0.4) is 0 Å². The number of nitrogens with one attached hydrogen (secondary N) is 1. The second-order valence-corrected chi connectivity index (χ2v) is 6.55. The Hall–Kier alpha value is -2.33. The fraction of sp³-hybridized carbons (Fsp3) is 0.381. The number of benzene rings is 2. The molecule has 3 rings (SSSR count). The van der Waals surface area contributed by atoms with Crippen LogP contribution in [0.1, 0.15) is 25.3 Å². The lowest BCUT2D eigenvalue weighted by Crippen LogP contribution is -2.47. The van der Waals surface area contributed by atoms with Crippen molar-refractivity contribution in [3.05, 3.63) is 66.2 Å². The summed E-state index contributed by atoms with van der Waals surface area (Å²) in [5.74, 6) is 0.611. The molecule has 0 spiro atoms. The minimum atomic E-state index is -0.532. The summed E-state index contributed by atoms with van der Waals surface area (Å²) >= 11 is 0. The van der Waals surface area contributed by atoms with Crippen molar-refractivity contribution in [1.82, 2.24) is 5.32 Å². The molecule has 1 aliphatic heterocycles. The Balaban J connectivity index is 1.64. The molecule has 0 saturated carbocycles. The van der Waals surface area contributed by atoms with Crippen LogP contribution in [0, 0.1) is 0 Å². The highest BCUT2D eigenvalue weighted by atomic mass is 16.5. The first-order valence-corrected chi connectivity index (χ1v) is 8.82. The minimum Gasteiger partial charge on any atom is -0.481 e. The number of amides is 1. The minimum absolute atomic E-state index is 0.0678. The van der Waals surface area contributed by atoms with Gasteiger partial charge in [-0.1, -0.05) is 48.5 Å². The molecular formula is C21H25NO3. The second kappa shape index (κ2) is 8.17. The van der Waals surface area contributed by atoms with E-state index in [1.54, 1.807) is 6.92 Å². The molecule has 25 heavy (non-hydrogen) atoms. The molecule has 1 fully saturated rings. The molecule has 132 valence electrons. The molecule has 2 aromatic rings. The third-order valence-corrected chi connectivity index (χ3v) is 4.86. The van der Waals surface area contributed by atoms with Crippen molar-refractivity contribution in [2.45, 2.75) is 31.3 Å². The SMILES string of the molecule is C[C@H](Oc1ccccc1)C(=O)NCC1(c2ccccc2)CCOCC1. The summed E-state index contributed by atoms with van der Waals surface area (Å²) in [4.78, 5) is 12.5. The van der Waals surface area contributed by atoms with Crippen molar-refractivity contribution in [2.75, 3.05) is 19.8 Å². The number of carbonyl (C=O) groups is 1. The molecule has 1 heterocycles. The molecule has 0 unspecified atom stereocenters. The smallest absolute Gasteiger partial charge is 0.260 e. The number of ether oxygens (including phenoxy) is 2. The Bertz CT molecular complexity index is 666. The molecule has 1 N–H and O–H groups in total. The second-order valence-electron chi connectivity index (χ2n) is 6.55. The van der Waals surface area contributed by atoms with Gasteiger partial charge in [0, 0.05) is 25.2 Å². The number of para-hydroxylation sites is 1. The van der Waals surface area contributed by atoms with Crippen molar-refractivity contribution >= 4 is 5.91 Å². The van der Waals surface area contributed by atoms with Gasteiger partial charge in [0.25, 0.3) is 5.91 Å². The highest BCUT2D eigenvalue weighted by Crippen LogP contribution is 2.34. The van der Waals surface area contributed by atoms with E-state index >= 15 is 0 Å². The van der Waals surface area contributed by atoms with Crippen LogP contribution in [-0.4, -0.2) is 31.8 Å². The maximum absolute atomic E-state index is 12.5. The zero-order chi connectivity index (χ0) is 17.5. The van der Waals surface area contributed by atoms with Gasteiger partial charge in [0.1, 0.15) is 5.75 Å². The summed E-state index contributed by atoms with van der Waals surface area (Å²) in [5.41, 5.74) is 1.19. The molecule has 4 heteroatoms. The van der Waals surface area contributed by atoms with Crippen LogP contribution >= 0.6 is 0 Å². The summed E-state index contributed by atoms with van der Waals surface area (Å²) in [6.07, 6.45) is 1.28. The lowest BCUT2D eigenvalue weighted by Gasteiger charge is -2.38. The molecule has 0 aliphatic carbocycles. The van der Waals surface area contributed by atoms with Gasteiger partial charge in [0.05, 0.1) is 0 Å². The van der Waals surface area contributed by atoms with E-state index in [4.69, 9.17) is 9.47 Å². The molecule has 0 bridgehead atoms. The van der Waals surface area contributed by atoms with E-state index in [0.717, 1.165) is 26.1 Å². The molecule has 2 aromatic carbocycles. The van der Waals surface area contributed by atoms with Crippen LogP contribution in [0.15, 0.2) is 60.7 Å². The molecule has 1 saturated heterocycles. The Morgan fingerprint density at radius 1 is 1.08 bits per heavy atom. The van der Waals surface area contributed by atoms with E-state index in [1.807, 2.05) is 36.4 Å². The number of hydrogen-bond donors (Lipinski definition) is 1. The van der Waals surface area contributed by atoms with Gasteiger partial charge in [-0.15, -0.1) is 0 Å². The first-order chi connectivity index (χ1) is 12.2. The Morgan fingerprint density at radius 3 is 2.32 bits per heavy atom. The van der Waals surface area contributed by atoms with E-state index in [2.05, 4.69) is 29.6 Å². The monoisotopic (exact) mass is 339 g/mol. The van der Waals surface area contributed by atoms with Crippen molar-refractivity contribution in [3.8, 4) is 5.75 Å². The fourth-order valence-electron chi connectivity index (χ4n) is 3.28. The van der Waals surface area contributed by atoms with Crippen LogP contribution in [0.25, 0.3) is 0 Å². The molecule has 1 aliphatic rings. The summed E-state index contributed by atoms with van der Waals surface area (Å²) in [7, 11) is 0. The quantitative estimate of drug-likeness (QED) is 0.878. The summed E-state index contributed by atoms with van der Waals surface area (Å²) in [5, 5.41) is 3.09. The van der Waals surface area contributed by atoms with E-state index < -0.39 is 6.10 Å². The summed E-state index contributed by atoms with van der Waals surface area (Å²) in [6.45, 7) is 3.82. The fourth-order valence-corrected chi connectivity index (χ4v) is 3.28. The Labute approximate surface area is 149 Å².